The number of hydrogen-bond acceptors (Lipinski definition) is 8. The van der Waals surface area contributed by atoms with E-state index in [0.29, 0.717) is 48.3 Å². The Morgan fingerprint density at radius 3 is 2.81 bits per heavy atom. The third-order valence-corrected chi connectivity index (χ3v) is 10.9. The van der Waals surface area contributed by atoms with Crippen molar-refractivity contribution in [1.82, 2.24) is 10.1 Å². The molecule has 1 N–H and O–H groups in total. The number of carbonyl (C=O) groups is 1. The van der Waals surface area contributed by atoms with Gasteiger partial charge in [0.2, 0.25) is 0 Å². The molecule has 0 amide bonds. The van der Waals surface area contributed by atoms with Gasteiger partial charge in [-0.3, -0.25) is 0 Å². The van der Waals surface area contributed by atoms with Gasteiger partial charge in [-0.1, -0.05) is 40.2 Å². The summed E-state index contributed by atoms with van der Waals surface area (Å²) in [6, 6.07) is 9.84. The highest BCUT2D eigenvalue weighted by Gasteiger charge is 2.47. The summed E-state index contributed by atoms with van der Waals surface area (Å²) in [6.07, 6.45) is 5.31. The minimum atomic E-state index is -0.905. The Bertz CT molecular complexity index is 1670. The normalized spacial score (nSPS) is 25.2. The number of nitrogens with zero attached hydrogens (tertiary/aromatic N) is 3. The van der Waals surface area contributed by atoms with Crippen LogP contribution in [0.25, 0.3) is 21.5 Å². The molecule has 4 heterocycles. The van der Waals surface area contributed by atoms with E-state index in [4.69, 9.17) is 30.6 Å². The van der Waals surface area contributed by atoms with Gasteiger partial charge < -0.3 is 24.0 Å². The molecule has 2 aromatic heterocycles. The monoisotopic (exact) mass is 605 g/mol. The molecule has 218 valence electrons. The van der Waals surface area contributed by atoms with Gasteiger partial charge in [0.25, 0.3) is 0 Å². The Hall–Kier alpha value is -2.98. The Kier molecular flexibility index (Phi) is 6.55. The van der Waals surface area contributed by atoms with Crippen LogP contribution in [0.5, 0.6) is 0 Å². The predicted molar refractivity (Wildman–Crippen MR) is 161 cm³/mol. The summed E-state index contributed by atoms with van der Waals surface area (Å²) >= 11 is 8.23. The highest BCUT2D eigenvalue weighted by atomic mass is 35.5. The molecule has 2 bridgehead atoms. The van der Waals surface area contributed by atoms with Crippen LogP contribution in [-0.4, -0.2) is 53.1 Å². The number of anilines is 1. The zero-order valence-corrected chi connectivity index (χ0v) is 24.9. The van der Waals surface area contributed by atoms with Crippen LogP contribution in [0.2, 0.25) is 5.02 Å². The van der Waals surface area contributed by atoms with Gasteiger partial charge in [-0.15, -0.1) is 0 Å². The number of aromatic nitrogens is 2. The van der Waals surface area contributed by atoms with Gasteiger partial charge in [0, 0.05) is 48.1 Å². The molecule has 4 atom stereocenters. The van der Waals surface area contributed by atoms with Gasteiger partial charge in [0.1, 0.15) is 11.5 Å². The van der Waals surface area contributed by atoms with Crippen molar-refractivity contribution in [1.29, 1.82) is 0 Å². The Morgan fingerprint density at radius 1 is 1.21 bits per heavy atom. The fourth-order valence-corrected chi connectivity index (χ4v) is 8.60. The van der Waals surface area contributed by atoms with Crippen LogP contribution in [0.1, 0.15) is 76.7 Å². The smallest absolute Gasteiger partial charge is 0.335 e. The summed E-state index contributed by atoms with van der Waals surface area (Å²) < 4.78 is 19.1. The molecule has 0 radical (unpaired) electrons. The van der Waals surface area contributed by atoms with Crippen LogP contribution in [-0.2, 0) is 16.1 Å². The van der Waals surface area contributed by atoms with E-state index in [0.717, 1.165) is 87.7 Å². The van der Waals surface area contributed by atoms with Crippen LogP contribution in [0.4, 0.5) is 5.13 Å². The number of ether oxygens (including phenoxy) is 2. The lowest BCUT2D eigenvalue weighted by Gasteiger charge is -2.31. The number of carboxylic acids is 1. The molecule has 4 aliphatic rings. The molecule has 2 aromatic carbocycles. The second kappa shape index (κ2) is 10.3. The van der Waals surface area contributed by atoms with Crippen LogP contribution >= 0.6 is 22.9 Å². The minimum absolute atomic E-state index is 0.160. The zero-order chi connectivity index (χ0) is 28.5. The first-order chi connectivity index (χ1) is 20.4. The molecular weight excluding hydrogens is 574 g/mol. The van der Waals surface area contributed by atoms with Crippen molar-refractivity contribution < 1.29 is 23.9 Å². The van der Waals surface area contributed by atoms with E-state index < -0.39 is 5.97 Å². The summed E-state index contributed by atoms with van der Waals surface area (Å²) in [5.41, 5.74) is 6.10. The molecule has 10 heteroatoms. The van der Waals surface area contributed by atoms with Crippen molar-refractivity contribution >= 4 is 44.3 Å². The minimum Gasteiger partial charge on any atom is -0.478 e. The van der Waals surface area contributed by atoms with Crippen molar-refractivity contribution in [3.8, 4) is 11.3 Å². The van der Waals surface area contributed by atoms with Gasteiger partial charge in [-0.05, 0) is 68.4 Å². The molecule has 0 spiro atoms. The third-order valence-electron chi connectivity index (χ3n) is 9.52. The van der Waals surface area contributed by atoms with E-state index in [9.17, 15) is 9.90 Å². The highest BCUT2D eigenvalue weighted by Crippen LogP contribution is 2.48. The lowest BCUT2D eigenvalue weighted by Crippen LogP contribution is -2.38. The molecule has 2 aliphatic carbocycles. The maximum atomic E-state index is 11.9. The number of halogens is 1. The molecule has 2 aliphatic heterocycles. The van der Waals surface area contributed by atoms with E-state index in [-0.39, 0.29) is 12.0 Å². The van der Waals surface area contributed by atoms with Gasteiger partial charge >= 0.3 is 5.97 Å². The maximum Gasteiger partial charge on any atom is 0.335 e. The molecule has 4 aromatic rings. The number of aromatic carboxylic acids is 1. The molecule has 2 saturated heterocycles. The standard InChI is InChI=1S/C32H32ClN3O5S/c1-16-3-2-4-24(33)27(16)29-23(30(41-35-29)17-5-6-17)15-40-25-12-21-9-20(25)13-36(21)32-34-28-22(18-7-8-39-14-18)10-19(31(37)38)11-26(28)42-32/h2-4,10-11,17-18,20-21,25H,5-9,12-15H2,1H3,(H,37,38)/t18-,20+,21+,25-/m1/s1. The van der Waals surface area contributed by atoms with Gasteiger partial charge in [0.05, 0.1) is 40.1 Å². The fourth-order valence-electron chi connectivity index (χ4n) is 7.17. The van der Waals surface area contributed by atoms with Crippen molar-refractivity contribution in [2.45, 2.75) is 69.6 Å². The number of hydrogen-bond donors (Lipinski definition) is 1. The van der Waals surface area contributed by atoms with Crippen LogP contribution in [0.3, 0.4) is 0 Å². The van der Waals surface area contributed by atoms with Crippen molar-refractivity contribution in [2.75, 3.05) is 24.7 Å². The first-order valence-electron chi connectivity index (χ1n) is 14.8. The lowest BCUT2D eigenvalue weighted by atomic mass is 9.95. The Balaban J connectivity index is 1.02. The Morgan fingerprint density at radius 2 is 2.10 bits per heavy atom. The van der Waals surface area contributed by atoms with Gasteiger partial charge in [-0.25, -0.2) is 9.78 Å². The summed E-state index contributed by atoms with van der Waals surface area (Å²) in [4.78, 5) is 19.4. The summed E-state index contributed by atoms with van der Waals surface area (Å²) in [7, 11) is 0. The third kappa shape index (κ3) is 4.53. The summed E-state index contributed by atoms with van der Waals surface area (Å²) in [5, 5.41) is 15.9. The average Bonchev–Trinajstić information content (AvgIpc) is 3.49. The first kappa shape index (κ1) is 26.6. The highest BCUT2D eigenvalue weighted by molar-refractivity contribution is 7.22. The SMILES string of the molecule is Cc1cccc(Cl)c1-c1noc(C2CC2)c1CO[C@@H]1C[C@@H]2C[C@H]1CN2c1nc2c([C@@H]3CCOC3)cc(C(=O)O)cc2s1. The number of piperidine rings is 1. The number of aryl methyl sites for hydroxylation is 1. The average molecular weight is 606 g/mol. The molecule has 42 heavy (non-hydrogen) atoms. The lowest BCUT2D eigenvalue weighted by molar-refractivity contribution is 0.0122. The number of benzene rings is 2. The summed E-state index contributed by atoms with van der Waals surface area (Å²) in [6.45, 7) is 4.73. The van der Waals surface area contributed by atoms with E-state index >= 15 is 0 Å². The first-order valence-corrected chi connectivity index (χ1v) is 16.0. The summed E-state index contributed by atoms with van der Waals surface area (Å²) in [5.74, 6) is 1.07. The quantitative estimate of drug-likeness (QED) is 0.226. The second-order valence-corrected chi connectivity index (χ2v) is 13.7. The molecule has 8 rings (SSSR count). The van der Waals surface area contributed by atoms with E-state index in [1.54, 1.807) is 23.5 Å². The second-order valence-electron chi connectivity index (χ2n) is 12.2. The largest absolute Gasteiger partial charge is 0.478 e. The number of fused-ring (bicyclic) bond motifs is 3. The van der Waals surface area contributed by atoms with Crippen molar-refractivity contribution in [3.63, 3.8) is 0 Å². The van der Waals surface area contributed by atoms with Gasteiger partial charge in [-0.2, -0.15) is 0 Å². The van der Waals surface area contributed by atoms with Crippen molar-refractivity contribution in [2.24, 2.45) is 5.92 Å². The van der Waals surface area contributed by atoms with E-state index in [1.165, 1.54) is 0 Å². The molecule has 0 unspecified atom stereocenters. The molecule has 8 nitrogen and oxygen atoms in total. The molecule has 4 fully saturated rings. The van der Waals surface area contributed by atoms with Crippen LogP contribution in [0.15, 0.2) is 34.9 Å². The van der Waals surface area contributed by atoms with Gasteiger partial charge in [0.15, 0.2) is 5.13 Å². The van der Waals surface area contributed by atoms with Crippen LogP contribution < -0.4 is 4.90 Å². The fraction of sp³-hybridized carbons (Fsp3) is 0.469. The van der Waals surface area contributed by atoms with E-state index in [1.807, 2.05) is 12.1 Å². The molecule has 2 saturated carbocycles. The number of thiazole rings is 1. The topological polar surface area (TPSA) is 97.9 Å². The van der Waals surface area contributed by atoms with E-state index in [2.05, 4.69) is 23.0 Å². The zero-order valence-electron chi connectivity index (χ0n) is 23.3. The Labute approximate surface area is 252 Å². The predicted octanol–water partition coefficient (Wildman–Crippen LogP) is 7.18. The van der Waals surface area contributed by atoms with Crippen molar-refractivity contribution in [3.05, 3.63) is 63.4 Å². The maximum absolute atomic E-state index is 11.9. The number of carboxylic acid groups (broad SMARTS) is 1. The van der Waals surface area contributed by atoms with Crippen LogP contribution in [0, 0.1) is 12.8 Å². The molecular formula is C32H32ClN3O5S. The number of rotatable bonds is 8.